The number of hydrogen-bond acceptors (Lipinski definition) is 8. The van der Waals surface area contributed by atoms with Crippen LogP contribution in [0.1, 0.15) is 91.4 Å². The van der Waals surface area contributed by atoms with Gasteiger partial charge in [0.15, 0.2) is 0 Å². The van der Waals surface area contributed by atoms with Crippen LogP contribution in [0.4, 0.5) is 4.79 Å². The second kappa shape index (κ2) is 15.8. The molecular formula is C36H53N5O6S. The van der Waals surface area contributed by atoms with Crippen LogP contribution in [0.15, 0.2) is 29.8 Å². The summed E-state index contributed by atoms with van der Waals surface area (Å²) in [5.74, 6) is -0.612. The first-order valence-electron chi connectivity index (χ1n) is 17.0. The smallest absolute Gasteiger partial charge is 0.410 e. The first kappa shape index (κ1) is 37.3. The zero-order valence-corrected chi connectivity index (χ0v) is 30.6. The molecule has 2 fully saturated rings. The minimum absolute atomic E-state index is 0.172. The number of benzene rings is 1. The Morgan fingerprint density at radius 2 is 1.65 bits per heavy atom. The normalized spacial score (nSPS) is 18.7. The average molecular weight is 684 g/mol. The molecule has 0 radical (unpaired) electrons. The molecule has 2 saturated heterocycles. The fourth-order valence-electron chi connectivity index (χ4n) is 6.14. The van der Waals surface area contributed by atoms with Gasteiger partial charge >= 0.3 is 6.09 Å². The lowest BCUT2D eigenvalue weighted by molar-refractivity contribution is -0.144. The summed E-state index contributed by atoms with van der Waals surface area (Å²) in [7, 11) is 0. The lowest BCUT2D eigenvalue weighted by Crippen LogP contribution is -2.58. The summed E-state index contributed by atoms with van der Waals surface area (Å²) < 4.78 is 11.2. The summed E-state index contributed by atoms with van der Waals surface area (Å²) in [6, 6.07) is 6.43. The van der Waals surface area contributed by atoms with E-state index >= 15 is 0 Å². The number of carbonyl (C=O) groups excluding carboxylic acids is 4. The Balaban J connectivity index is 1.27. The zero-order valence-electron chi connectivity index (χ0n) is 29.8. The molecule has 264 valence electrons. The van der Waals surface area contributed by atoms with E-state index in [2.05, 4.69) is 15.6 Å². The molecule has 4 amide bonds. The van der Waals surface area contributed by atoms with Crippen LogP contribution in [0.3, 0.4) is 0 Å². The molecule has 0 aliphatic carbocycles. The Morgan fingerprint density at radius 1 is 0.979 bits per heavy atom. The van der Waals surface area contributed by atoms with Crippen LogP contribution in [-0.4, -0.2) is 89.1 Å². The molecule has 2 aliphatic heterocycles. The highest BCUT2D eigenvalue weighted by Crippen LogP contribution is 2.29. The van der Waals surface area contributed by atoms with Crippen molar-refractivity contribution in [2.45, 2.75) is 105 Å². The highest BCUT2D eigenvalue weighted by molar-refractivity contribution is 7.13. The summed E-state index contributed by atoms with van der Waals surface area (Å²) in [6.07, 6.45) is 2.49. The Kier molecular flexibility index (Phi) is 12.3. The van der Waals surface area contributed by atoms with Crippen molar-refractivity contribution < 1.29 is 28.7 Å². The largest absolute Gasteiger partial charge is 0.444 e. The minimum atomic E-state index is -0.820. The van der Waals surface area contributed by atoms with Gasteiger partial charge in [-0.25, -0.2) is 9.78 Å². The Morgan fingerprint density at radius 3 is 2.23 bits per heavy atom. The molecule has 1 aromatic carbocycles. The van der Waals surface area contributed by atoms with Crippen molar-refractivity contribution >= 4 is 35.2 Å². The number of thiazole rings is 1. The number of aromatic nitrogens is 1. The van der Waals surface area contributed by atoms with Gasteiger partial charge in [-0.1, -0.05) is 45.0 Å². The topological polar surface area (TPSA) is 130 Å². The van der Waals surface area contributed by atoms with E-state index in [9.17, 15) is 19.2 Å². The summed E-state index contributed by atoms with van der Waals surface area (Å²) in [5.41, 5.74) is 3.77. The van der Waals surface area contributed by atoms with E-state index in [4.69, 9.17) is 9.47 Å². The van der Waals surface area contributed by atoms with Crippen molar-refractivity contribution in [3.05, 3.63) is 41.0 Å². The van der Waals surface area contributed by atoms with Crippen molar-refractivity contribution in [1.82, 2.24) is 25.4 Å². The van der Waals surface area contributed by atoms with E-state index in [-0.39, 0.29) is 42.4 Å². The van der Waals surface area contributed by atoms with Crippen LogP contribution in [0.25, 0.3) is 10.4 Å². The Bertz CT molecular complexity index is 1420. The third kappa shape index (κ3) is 10.0. The van der Waals surface area contributed by atoms with E-state index in [1.54, 1.807) is 21.1 Å². The first-order chi connectivity index (χ1) is 22.5. The number of hydrogen-bond donors (Lipinski definition) is 2. The van der Waals surface area contributed by atoms with Gasteiger partial charge in [0.25, 0.3) is 0 Å². The van der Waals surface area contributed by atoms with Crippen LogP contribution >= 0.6 is 11.3 Å². The van der Waals surface area contributed by atoms with Gasteiger partial charge in [0.1, 0.15) is 24.3 Å². The van der Waals surface area contributed by atoms with Crippen molar-refractivity contribution in [1.29, 1.82) is 0 Å². The molecule has 4 rings (SSSR count). The zero-order chi connectivity index (χ0) is 35.2. The molecule has 0 spiro atoms. The quantitative estimate of drug-likeness (QED) is 0.339. The highest BCUT2D eigenvalue weighted by atomic mass is 32.1. The minimum Gasteiger partial charge on any atom is -0.444 e. The molecule has 0 saturated carbocycles. The lowest BCUT2D eigenvalue weighted by atomic mass is 9.85. The molecule has 3 heterocycles. The van der Waals surface area contributed by atoms with Gasteiger partial charge in [-0.2, -0.15) is 0 Å². The molecule has 2 aromatic rings. The maximum atomic E-state index is 13.9. The number of amides is 4. The van der Waals surface area contributed by atoms with E-state index in [0.29, 0.717) is 39.1 Å². The molecular weight excluding hydrogens is 630 g/mol. The molecule has 48 heavy (non-hydrogen) atoms. The molecule has 12 heteroatoms. The van der Waals surface area contributed by atoms with E-state index in [1.165, 1.54) is 0 Å². The molecule has 2 aliphatic rings. The Labute approximate surface area is 289 Å². The maximum Gasteiger partial charge on any atom is 0.410 e. The van der Waals surface area contributed by atoms with Crippen LogP contribution in [0, 0.1) is 18.3 Å². The Hall–Kier alpha value is -3.51. The summed E-state index contributed by atoms with van der Waals surface area (Å²) in [4.78, 5) is 61.6. The van der Waals surface area contributed by atoms with Crippen LogP contribution in [0.5, 0.6) is 0 Å². The van der Waals surface area contributed by atoms with Crippen molar-refractivity contribution in [3.63, 3.8) is 0 Å². The molecule has 11 nitrogen and oxygen atoms in total. The molecule has 2 N–H and O–H groups in total. The van der Waals surface area contributed by atoms with Crippen LogP contribution in [-0.2, 0) is 23.9 Å². The second-order valence-electron chi connectivity index (χ2n) is 15.1. The number of piperidine rings is 1. The molecule has 3 unspecified atom stereocenters. The lowest BCUT2D eigenvalue weighted by Gasteiger charge is -2.35. The third-order valence-corrected chi connectivity index (χ3v) is 9.86. The molecule has 1 aromatic heterocycles. The van der Waals surface area contributed by atoms with Crippen molar-refractivity contribution in [2.24, 2.45) is 11.3 Å². The number of carbonyl (C=O) groups is 4. The fourth-order valence-corrected chi connectivity index (χ4v) is 6.95. The van der Waals surface area contributed by atoms with Gasteiger partial charge in [-0.3, -0.25) is 14.4 Å². The van der Waals surface area contributed by atoms with Crippen molar-refractivity contribution in [3.8, 4) is 10.4 Å². The van der Waals surface area contributed by atoms with Crippen LogP contribution < -0.4 is 10.6 Å². The van der Waals surface area contributed by atoms with Crippen molar-refractivity contribution in [2.75, 3.05) is 32.8 Å². The van der Waals surface area contributed by atoms with Gasteiger partial charge in [0, 0.05) is 19.6 Å². The monoisotopic (exact) mass is 683 g/mol. The first-order valence-corrected chi connectivity index (χ1v) is 17.9. The van der Waals surface area contributed by atoms with Gasteiger partial charge in [-0.05, 0) is 82.8 Å². The van der Waals surface area contributed by atoms with E-state index < -0.39 is 23.1 Å². The van der Waals surface area contributed by atoms with Crippen LogP contribution in [0.2, 0.25) is 0 Å². The van der Waals surface area contributed by atoms with Gasteiger partial charge in [0.2, 0.25) is 17.7 Å². The number of likely N-dealkylation sites (tertiary alicyclic amines) is 2. The highest BCUT2D eigenvalue weighted by Gasteiger charge is 2.42. The van der Waals surface area contributed by atoms with Gasteiger partial charge in [-0.15, -0.1) is 11.3 Å². The van der Waals surface area contributed by atoms with Gasteiger partial charge in [0.05, 0.1) is 28.7 Å². The predicted molar refractivity (Wildman–Crippen MR) is 186 cm³/mol. The number of rotatable bonds is 10. The maximum absolute atomic E-state index is 13.9. The predicted octanol–water partition coefficient (Wildman–Crippen LogP) is 5.48. The number of aryl methyl sites for hydroxylation is 1. The average Bonchev–Trinajstić information content (AvgIpc) is 3.68. The summed E-state index contributed by atoms with van der Waals surface area (Å²) in [5, 5.41) is 6.01. The number of ether oxygens (including phenoxy) is 2. The SMILES string of the molecule is Cc1ncsc1-c1ccc(C(C)NC(=O)C2CCCN2C(=O)C(NC(=O)COCC2CCN(C(=O)OC(C)(C)C)CC2)C(C)(C)C)cc1. The summed E-state index contributed by atoms with van der Waals surface area (Å²) in [6.45, 7) is 17.0. The third-order valence-electron chi connectivity index (χ3n) is 8.89. The number of nitrogens with zero attached hydrogens (tertiary/aromatic N) is 3. The van der Waals surface area contributed by atoms with E-state index in [1.807, 2.05) is 85.2 Å². The molecule has 3 atom stereocenters. The fraction of sp³-hybridized carbons (Fsp3) is 0.639. The number of nitrogens with one attached hydrogen (secondary N) is 2. The second-order valence-corrected chi connectivity index (χ2v) is 16.0. The van der Waals surface area contributed by atoms with E-state index in [0.717, 1.165) is 34.5 Å². The standard InChI is InChI=1S/C36H53N5O6S/c1-23(26-11-13-27(14-12-26)30-24(2)37-22-48-30)38-32(43)28-10-9-17-41(28)33(44)31(35(3,4)5)39-29(42)21-46-20-25-15-18-40(19-16-25)34(45)47-36(6,7)8/h11-14,22-23,25,28,31H,9-10,15-21H2,1-8H3,(H,38,43)(H,39,42). The summed E-state index contributed by atoms with van der Waals surface area (Å²) >= 11 is 1.60. The van der Waals surface area contributed by atoms with Gasteiger partial charge < -0.3 is 29.9 Å². The molecule has 0 bridgehead atoms.